The first-order valence-corrected chi connectivity index (χ1v) is 58.8. The van der Waals surface area contributed by atoms with E-state index < -0.39 is 80.2 Å². The molecule has 0 aromatic carbocycles. The Balaban J connectivity index is -0.000000101. The van der Waals surface area contributed by atoms with Gasteiger partial charge in [0.15, 0.2) is 0 Å². The molecule has 0 saturated carbocycles. The molecule has 12 nitrogen and oxygen atoms in total. The third-order valence-corrected chi connectivity index (χ3v) is 52.2. The van der Waals surface area contributed by atoms with Crippen LogP contribution in [0.1, 0.15) is 317 Å². The molecule has 0 aromatic rings. The Labute approximate surface area is 746 Å². The molecule has 108 heavy (non-hydrogen) atoms. The number of rotatable bonds is 66. The molecule has 0 aliphatic carbocycles. The van der Waals surface area contributed by atoms with Gasteiger partial charge in [0.25, 0.3) is 0 Å². The molecule has 0 aliphatic heterocycles. The van der Waals surface area contributed by atoms with Crippen LogP contribution in [0.2, 0.25) is 0 Å². The lowest BCUT2D eigenvalue weighted by Crippen LogP contribution is -3.00. The predicted octanol–water partition coefficient (Wildman–Crippen LogP) is 2.23. The minimum atomic E-state index is -1.03. The molecule has 0 fully saturated rings. The van der Waals surface area contributed by atoms with Crippen LogP contribution in [0.15, 0.2) is 0 Å². The zero-order valence-electron chi connectivity index (χ0n) is 74.2. The zero-order valence-corrected chi connectivity index (χ0v) is 88.6. The van der Waals surface area contributed by atoms with Crippen LogP contribution in [0.4, 0.5) is 0 Å². The summed E-state index contributed by atoms with van der Waals surface area (Å²) < 4.78 is 0. The third-order valence-electron chi connectivity index (χ3n) is 21.0. The highest BCUT2D eigenvalue weighted by Crippen LogP contribution is 2.65. The first kappa shape index (κ1) is 139. The summed E-state index contributed by atoms with van der Waals surface area (Å²) >= 11 is 0. The second-order valence-electron chi connectivity index (χ2n) is 31.4. The number of unbranched alkanes of at least 4 members (excludes halogenated alkanes) is 9. The van der Waals surface area contributed by atoms with Crippen LogP contribution in [0.5, 0.6) is 0 Å². The fourth-order valence-corrected chi connectivity index (χ4v) is 46.3. The van der Waals surface area contributed by atoms with Crippen molar-refractivity contribution in [1.82, 2.24) is 0 Å². The van der Waals surface area contributed by atoms with Crippen LogP contribution in [0, 0.1) is 0 Å². The lowest BCUT2D eigenvalue weighted by atomic mass is 10.3. The summed E-state index contributed by atoms with van der Waals surface area (Å²) in [6.07, 6.45) is 64.1. The Morgan fingerprint density at radius 1 is 0.176 bits per heavy atom. The van der Waals surface area contributed by atoms with Crippen LogP contribution in [-0.4, -0.2) is 285 Å². The number of hydrogen-bond acceptors (Lipinski definition) is 12. The van der Waals surface area contributed by atoms with Crippen molar-refractivity contribution >= 4 is 43.6 Å². The summed E-state index contributed by atoms with van der Waals surface area (Å²) in [6.45, 7) is 40.2. The fourth-order valence-electron chi connectivity index (χ4n) is 15.6. The molecular weight excluding hydrogens is 1870 g/mol. The summed E-state index contributed by atoms with van der Waals surface area (Å²) in [5.41, 5.74) is 0. The van der Waals surface area contributed by atoms with E-state index in [1.807, 2.05) is 0 Å². The van der Waals surface area contributed by atoms with Gasteiger partial charge in [0, 0.05) is 62.8 Å². The van der Waals surface area contributed by atoms with E-state index in [4.69, 9.17) is 30.6 Å². The Hall–Kier alpha value is 5.10. The highest BCUT2D eigenvalue weighted by Gasteiger charge is 2.41. The van der Waals surface area contributed by atoms with Crippen LogP contribution < -0.4 is 107 Å². The van der Waals surface area contributed by atoms with E-state index in [9.17, 15) is 30.6 Å². The third kappa shape index (κ3) is 78.4. The minimum Gasteiger partial charge on any atom is -1.00 e. The number of hydrogen-bond donors (Lipinski definition) is 12. The molecule has 0 spiro atoms. The van der Waals surface area contributed by atoms with E-state index in [1.54, 1.807) is 0 Å². The molecule has 24 heteroatoms. The molecule has 0 aromatic heterocycles. The van der Waals surface area contributed by atoms with E-state index in [2.05, 4.69) is 125 Å². The van der Waals surface area contributed by atoms with Gasteiger partial charge in [0.2, 0.25) is 0 Å². The number of aliphatic hydroxyl groups is 12. The van der Waals surface area contributed by atoms with Crippen LogP contribution in [0.3, 0.4) is 0 Å². The normalized spacial score (nSPS) is 13.2. The van der Waals surface area contributed by atoms with Crippen LogP contribution >= 0.6 is 43.6 Å². The number of aliphatic hydroxyl groups excluding tert-OH is 12. The first-order chi connectivity index (χ1) is 48.8. The second kappa shape index (κ2) is 97.5. The van der Waals surface area contributed by atoms with Crippen molar-refractivity contribution in [3.05, 3.63) is 0 Å². The van der Waals surface area contributed by atoms with Crippen molar-refractivity contribution in [2.45, 2.75) is 354 Å². The Bertz CT molecular complexity index is 1380. The average Bonchev–Trinajstić information content (AvgIpc) is 0.754. The van der Waals surface area contributed by atoms with E-state index in [0.29, 0.717) is 0 Å². The maximum absolute atomic E-state index is 9.87. The summed E-state index contributed by atoms with van der Waals surface area (Å²) in [5, 5.41) is 112. The average molecular weight is 2060 g/mol. The van der Waals surface area contributed by atoms with Gasteiger partial charge in [-0.1, -0.05) is 182 Å². The molecule has 0 rings (SSSR count). The van der Waals surface area contributed by atoms with Crippen molar-refractivity contribution in [1.29, 1.82) is 0 Å². The monoisotopic (exact) mass is 2060 g/mol. The Morgan fingerprint density at radius 3 is 0.389 bits per heavy atom. The summed E-state index contributed by atoms with van der Waals surface area (Å²) in [4.78, 5) is 0. The van der Waals surface area contributed by atoms with Crippen molar-refractivity contribution in [3.8, 4) is 0 Å². The van der Waals surface area contributed by atoms with Gasteiger partial charge in [-0.05, 0) is 116 Å². The minimum absolute atomic E-state index is 0. The van der Waals surface area contributed by atoms with Crippen LogP contribution in [-0.2, 0) is 0 Å². The molecule has 0 heterocycles. The van der Waals surface area contributed by atoms with Gasteiger partial charge < -0.3 is 168 Å². The van der Waals surface area contributed by atoms with Gasteiger partial charge in [-0.2, -0.15) is 0 Å². The highest BCUT2D eigenvalue weighted by molar-refractivity contribution is 7.77. The van der Waals surface area contributed by atoms with Crippen molar-refractivity contribution in [2.75, 3.05) is 188 Å². The van der Waals surface area contributed by atoms with Gasteiger partial charge in [0.05, 0.1) is 206 Å². The SMILES string of the molecule is CCCC[P+](CCCC)(CCCC)CC(O)CO.CCCC[P+](CCCC)(CCCC)CC(O)CO.CCCC[P+](CCCC)(CCCC)CC(O)CO.CCC[P+](CCC)(CCC)CCC(O)CO.CCC[P+](CCC)(CCC)CCC(O)CO.CCC[P+](CCC)(CCC)CCC(O)CO.[Br-].[Br-].[Cl-].[Cl-].[I-].[I-]. The second-order valence-corrected chi connectivity index (χ2v) is 57.9. The molecule has 0 radical (unpaired) electrons. The maximum Gasteiger partial charge on any atom is 0.110 e. The molecule has 12 N–H and O–H groups in total. The molecule has 0 aliphatic rings. The van der Waals surface area contributed by atoms with Crippen molar-refractivity contribution < 1.29 is 168 Å². The first-order valence-electron chi connectivity index (χ1n) is 43.7. The summed E-state index contributed by atoms with van der Waals surface area (Å²) in [5.74, 6) is 0. The molecular formula is C84H192Br2Cl2I2O12P6. The molecule has 0 saturated heterocycles. The van der Waals surface area contributed by atoms with E-state index in [0.717, 1.165) is 37.7 Å². The Kier molecular flexibility index (Phi) is 126. The van der Waals surface area contributed by atoms with Crippen molar-refractivity contribution in [3.63, 3.8) is 0 Å². The lowest BCUT2D eigenvalue weighted by molar-refractivity contribution is -0.00100. The highest BCUT2D eigenvalue weighted by atomic mass is 127. The zero-order chi connectivity index (χ0) is 78.9. The summed E-state index contributed by atoms with van der Waals surface area (Å²) in [6, 6.07) is 0. The van der Waals surface area contributed by atoms with Gasteiger partial charge in [-0.3, -0.25) is 0 Å². The van der Waals surface area contributed by atoms with Crippen LogP contribution in [0.25, 0.3) is 0 Å². The fraction of sp³-hybridized carbons (Fsp3) is 1.00. The van der Waals surface area contributed by atoms with Gasteiger partial charge in [-0.15, -0.1) is 0 Å². The molecule has 6 unspecified atom stereocenters. The van der Waals surface area contributed by atoms with Gasteiger partial charge in [0.1, 0.15) is 18.3 Å². The smallest absolute Gasteiger partial charge is 0.110 e. The Morgan fingerprint density at radius 2 is 0.296 bits per heavy atom. The topological polar surface area (TPSA) is 243 Å². The van der Waals surface area contributed by atoms with Crippen molar-refractivity contribution in [2.24, 2.45) is 0 Å². The van der Waals surface area contributed by atoms with E-state index >= 15 is 0 Å². The molecule has 0 bridgehead atoms. The van der Waals surface area contributed by atoms with E-state index in [1.165, 1.54) is 303 Å². The van der Waals surface area contributed by atoms with Gasteiger partial charge in [-0.25, -0.2) is 0 Å². The molecule has 672 valence electrons. The van der Waals surface area contributed by atoms with E-state index in [-0.39, 0.29) is 146 Å². The lowest BCUT2D eigenvalue weighted by Gasteiger charge is -2.29. The summed E-state index contributed by atoms with van der Waals surface area (Å²) in [7, 11) is -5.59. The molecule has 6 atom stereocenters. The standard InChI is InChI=1S/3C15H34O2P.3C13H30O2P.2BrH.2ClH.2HI/c3*1-4-7-10-18(11-8-5-2,12-9-6-3)14-15(17)13-16;3*1-4-8-16(9-5-2,10-6-3)11-7-13(15)12-14;;;;;;/h3*15-17H,4-14H2,1-3H3;3*13-15H,4-12H2,1-3H3;6*1H/q6*+1;;;;;;/p-6. The number of halogens is 6. The largest absolute Gasteiger partial charge is 1.00 e. The van der Waals surface area contributed by atoms with Gasteiger partial charge >= 0.3 is 0 Å². The maximum atomic E-state index is 9.87. The quantitative estimate of drug-likeness (QED) is 0.0310. The molecule has 0 amide bonds. The predicted molar refractivity (Wildman–Crippen MR) is 478 cm³/mol.